The van der Waals surface area contributed by atoms with E-state index < -0.39 is 0 Å². The predicted octanol–water partition coefficient (Wildman–Crippen LogP) is 7.48. The largest absolute Gasteiger partial charge is 0.631 e. The minimum absolute atomic E-state index is 0. The zero-order chi connectivity index (χ0) is 44.1. The second-order valence-corrected chi connectivity index (χ2v) is 19.1. The molecule has 15 rings (SSSR count). The average molecular weight is 1280 g/mol. The Kier molecular flexibility index (Phi) is 9.97. The number of nitrogens with zero attached hydrogens (tertiary/aromatic N) is 6. The number of rotatable bonds is 4. The molecule has 0 bridgehead atoms. The molecular weight excluding hydrogens is 1260 g/mol. The fourth-order valence-corrected chi connectivity index (χ4v) is 12.4. The van der Waals surface area contributed by atoms with Crippen LogP contribution in [0.4, 0.5) is 0 Å². The van der Waals surface area contributed by atoms with Crippen molar-refractivity contribution in [3.63, 3.8) is 0 Å². The Bertz CT molecular complexity index is 3710. The summed E-state index contributed by atoms with van der Waals surface area (Å²) in [6.45, 7) is -0.377. The smallest absolute Gasteiger partial charge is 0.218 e. The van der Waals surface area contributed by atoms with Crippen molar-refractivity contribution in [3.05, 3.63) is 158 Å². The predicted molar refractivity (Wildman–Crippen MR) is 261 cm³/mol. The van der Waals surface area contributed by atoms with Gasteiger partial charge >= 0.3 is 0 Å². The van der Waals surface area contributed by atoms with Crippen molar-refractivity contribution in [1.29, 1.82) is 0 Å². The van der Waals surface area contributed by atoms with Crippen molar-refractivity contribution in [2.45, 2.75) is 19.6 Å². The van der Waals surface area contributed by atoms with Gasteiger partial charge in [0.1, 0.15) is 11.5 Å². The number of hydrogen-bond donors (Lipinski definition) is 0. The molecule has 0 radical (unpaired) electrons. The zero-order valence-corrected chi connectivity index (χ0v) is 42.2. The minimum Gasteiger partial charge on any atom is -0.631 e. The first-order valence-electron chi connectivity index (χ1n) is 21.7. The molecule has 9 nitrogen and oxygen atoms in total. The van der Waals surface area contributed by atoms with E-state index in [1.54, 1.807) is 35.9 Å². The van der Waals surface area contributed by atoms with Crippen LogP contribution in [-0.4, -0.2) is 42.5 Å². The third-order valence-corrected chi connectivity index (χ3v) is 15.5. The van der Waals surface area contributed by atoms with Gasteiger partial charge in [-0.2, -0.15) is 0 Å². The third kappa shape index (κ3) is 6.43. The van der Waals surface area contributed by atoms with E-state index in [9.17, 15) is 0 Å². The Balaban J connectivity index is 0.00000234. The first-order chi connectivity index (χ1) is 33.0. The van der Waals surface area contributed by atoms with Gasteiger partial charge in [-0.15, -0.1) is 129 Å². The summed E-state index contributed by atoms with van der Waals surface area (Å²) in [6, 6.07) is 55.5. The zero-order valence-electron chi connectivity index (χ0n) is 36.1. The van der Waals surface area contributed by atoms with Crippen LogP contribution >= 0.6 is 23.5 Å². The molecular formula is C54H26B2N6O3Pt2S2-6. The molecule has 0 unspecified atom stereocenters. The number of fused-ring (bicyclic) bond motifs is 10. The van der Waals surface area contributed by atoms with Gasteiger partial charge in [-0.25, -0.2) is 22.1 Å². The molecule has 334 valence electrons. The van der Waals surface area contributed by atoms with E-state index in [-0.39, 0.29) is 55.6 Å². The average Bonchev–Trinajstić information content (AvgIpc) is 4.09. The van der Waals surface area contributed by atoms with Gasteiger partial charge < -0.3 is 40.2 Å². The molecule has 0 atom stereocenters. The van der Waals surface area contributed by atoms with Crippen molar-refractivity contribution >= 4 is 92.1 Å². The Morgan fingerprint density at radius 2 is 0.986 bits per heavy atom. The Hall–Kier alpha value is -6.35. The van der Waals surface area contributed by atoms with E-state index in [2.05, 4.69) is 89.0 Å². The number of furan rings is 1. The summed E-state index contributed by atoms with van der Waals surface area (Å²) >= 11 is 3.57. The third-order valence-electron chi connectivity index (χ3n) is 13.2. The van der Waals surface area contributed by atoms with Crippen LogP contribution in [-0.2, 0) is 56.2 Å². The molecule has 0 fully saturated rings. The molecule has 4 aliphatic rings. The van der Waals surface area contributed by atoms with E-state index in [1.807, 2.05) is 90.0 Å². The van der Waals surface area contributed by atoms with Gasteiger partial charge in [0.15, 0.2) is 11.3 Å². The van der Waals surface area contributed by atoms with E-state index in [0.717, 1.165) is 111 Å². The van der Waals surface area contributed by atoms with Gasteiger partial charge in [0, 0.05) is 85.6 Å². The minimum atomic E-state index is -0.279. The number of hydrogen-bond acceptors (Lipinski definition) is 9. The van der Waals surface area contributed by atoms with E-state index >= 15 is 0 Å². The molecule has 5 aromatic heterocycles. The second-order valence-electron chi connectivity index (χ2n) is 16.9. The fourth-order valence-electron chi connectivity index (χ4n) is 10.1. The summed E-state index contributed by atoms with van der Waals surface area (Å²) in [5, 5.41) is 0. The Morgan fingerprint density at radius 3 is 1.59 bits per heavy atom. The van der Waals surface area contributed by atoms with Gasteiger partial charge in [-0.05, 0) is 63.8 Å². The number of aromatic nitrogens is 6. The van der Waals surface area contributed by atoms with Crippen LogP contribution in [0.5, 0.6) is 23.0 Å². The summed E-state index contributed by atoms with van der Waals surface area (Å²) in [7, 11) is 3.99. The summed E-state index contributed by atoms with van der Waals surface area (Å²) < 4.78 is 23.4. The Morgan fingerprint density at radius 1 is 0.478 bits per heavy atom. The number of pyridine rings is 2. The summed E-state index contributed by atoms with van der Waals surface area (Å²) in [4.78, 5) is 23.9. The number of ether oxygens (including phenoxy) is 2. The topological polar surface area (TPSA) is 93.0 Å². The fraction of sp³-hybridized carbons (Fsp3) is 0.0370. The van der Waals surface area contributed by atoms with E-state index in [1.165, 1.54) is 15.3 Å². The van der Waals surface area contributed by atoms with Crippen LogP contribution in [0.15, 0.2) is 146 Å². The molecule has 6 aromatic carbocycles. The van der Waals surface area contributed by atoms with E-state index in [0.29, 0.717) is 17.1 Å². The SMILES string of the molecule is Cn1c(-c2[c-]c3c(cc2)Oc2cccc4c2B3c2[c-]c(-c3[c-]oc(-c5[c-]c6c(cc5)Sc5cccc7c5B6c5[c-]c(-c6nc8cccnc8n6C)ccc5S7)[c-]3)ccc2O4)nc2cccnc21.[Pt].[Pt]. The van der Waals surface area contributed by atoms with Crippen LogP contribution in [0, 0.1) is 36.6 Å². The monoisotopic (exact) mass is 1280 g/mol. The molecule has 0 N–H and O–H groups in total. The summed E-state index contributed by atoms with van der Waals surface area (Å²) in [5.41, 5.74) is 13.4. The molecule has 0 spiro atoms. The quantitative estimate of drug-likeness (QED) is 0.132. The van der Waals surface area contributed by atoms with Gasteiger partial charge in [-0.3, -0.25) is 9.97 Å². The molecule has 0 saturated heterocycles. The van der Waals surface area contributed by atoms with Gasteiger partial charge in [0.25, 0.3) is 0 Å². The maximum Gasteiger partial charge on any atom is 0.218 e. The number of benzene rings is 6. The molecule has 4 aliphatic heterocycles. The van der Waals surface area contributed by atoms with Crippen LogP contribution in [0.3, 0.4) is 0 Å². The maximum atomic E-state index is 6.56. The van der Waals surface area contributed by atoms with Crippen LogP contribution in [0.1, 0.15) is 0 Å². The van der Waals surface area contributed by atoms with Crippen molar-refractivity contribution in [2.24, 2.45) is 14.1 Å². The van der Waals surface area contributed by atoms with Crippen molar-refractivity contribution in [1.82, 2.24) is 29.1 Å². The first kappa shape index (κ1) is 42.7. The number of imidazole rings is 2. The number of aryl methyl sites for hydroxylation is 2. The first-order valence-corrected chi connectivity index (χ1v) is 23.3. The van der Waals surface area contributed by atoms with Crippen molar-refractivity contribution in [3.8, 4) is 68.2 Å². The van der Waals surface area contributed by atoms with Crippen molar-refractivity contribution < 1.29 is 56.0 Å². The maximum absolute atomic E-state index is 6.56. The summed E-state index contributed by atoms with van der Waals surface area (Å²) in [5.74, 6) is 5.04. The molecule has 0 saturated carbocycles. The Labute approximate surface area is 433 Å². The van der Waals surface area contributed by atoms with Gasteiger partial charge in [-0.1, -0.05) is 27.7 Å². The molecule has 9 heterocycles. The summed E-state index contributed by atoms with van der Waals surface area (Å²) in [6.07, 6.45) is 6.76. The van der Waals surface area contributed by atoms with Gasteiger partial charge in [0.05, 0.1) is 22.7 Å². The van der Waals surface area contributed by atoms with Crippen LogP contribution in [0.25, 0.3) is 67.6 Å². The van der Waals surface area contributed by atoms with Crippen LogP contribution < -0.4 is 42.3 Å². The molecule has 15 heteroatoms. The molecule has 11 aromatic rings. The molecule has 0 amide bonds. The molecule has 69 heavy (non-hydrogen) atoms. The molecule has 0 aliphatic carbocycles. The normalized spacial score (nSPS) is 13.2. The second kappa shape index (κ2) is 16.1. The van der Waals surface area contributed by atoms with Crippen LogP contribution in [0.2, 0.25) is 0 Å². The van der Waals surface area contributed by atoms with Gasteiger partial charge in [0.2, 0.25) is 13.4 Å². The standard InChI is InChI=1S/C54H26B2N6O3S2.2Pt/c1-61-51(59-38-7-5-21-57-53(38)61)31-14-18-41-35(25-31)55-34-23-29(13-17-40(34)64-42-9-3-10-43(65-41)49(42)55)33-27-44(63-28-33)30-15-19-45-36(24-30)56-37-26-32(52-60-39-8-6-22-58-54(39)62(52)2)16-20-46(37)67-48-12-4-11-47(66-45)50(48)56;;/h3-22H,1-2H3;;/q-6;;. The van der Waals surface area contributed by atoms with Crippen molar-refractivity contribution in [2.75, 3.05) is 0 Å². The van der Waals surface area contributed by atoms with E-state index in [4.69, 9.17) is 23.9 Å².